The number of unbranched alkanes of at least 4 members (excludes halogenated alkanes) is 1. The molecule has 0 saturated heterocycles. The van der Waals surface area contributed by atoms with Crippen LogP contribution in [0.4, 0.5) is 5.69 Å². The Hall–Kier alpha value is -1.32. The topological polar surface area (TPSA) is 60.9 Å². The Morgan fingerprint density at radius 2 is 2.06 bits per heavy atom. The minimum absolute atomic E-state index is 0.0875. The highest BCUT2D eigenvalue weighted by molar-refractivity contribution is 5.37. The highest BCUT2D eigenvalue weighted by atomic mass is 16.1. The fraction of sp³-hybridized carbons (Fsp3) is 0.667. The predicted octanol–water partition coefficient (Wildman–Crippen LogP) is 1.92. The number of rotatable bonds is 3. The minimum Gasteiger partial charge on any atom is -0.394 e. The molecule has 0 atom stereocenters. The number of nitrogen functional groups attached to an aromatic ring is 1. The molecular weight excluding hydrogens is 202 g/mol. The van der Waals surface area contributed by atoms with Crippen molar-refractivity contribution < 1.29 is 0 Å². The van der Waals surface area contributed by atoms with Gasteiger partial charge in [0.15, 0.2) is 0 Å². The zero-order valence-corrected chi connectivity index (χ0v) is 10.6. The Labute approximate surface area is 96.5 Å². The second-order valence-electron chi connectivity index (χ2n) is 5.12. The molecular formula is C12H21N3O. The maximum Gasteiger partial charge on any atom is 0.289 e. The third-order valence-corrected chi connectivity index (χ3v) is 2.49. The Balaban J connectivity index is 3.17. The van der Waals surface area contributed by atoms with Crippen molar-refractivity contribution >= 4 is 5.69 Å². The van der Waals surface area contributed by atoms with Crippen LogP contribution in [0.1, 0.15) is 46.2 Å². The summed E-state index contributed by atoms with van der Waals surface area (Å²) in [4.78, 5) is 11.7. The second kappa shape index (κ2) is 4.68. The minimum atomic E-state index is -0.179. The fourth-order valence-electron chi connectivity index (χ4n) is 1.39. The molecule has 0 bridgehead atoms. The summed E-state index contributed by atoms with van der Waals surface area (Å²) in [6, 6.07) is 1.69. The van der Waals surface area contributed by atoms with Crippen molar-refractivity contribution in [2.75, 3.05) is 5.73 Å². The van der Waals surface area contributed by atoms with E-state index in [0.29, 0.717) is 6.54 Å². The first-order chi connectivity index (χ1) is 7.36. The maximum atomic E-state index is 11.7. The van der Waals surface area contributed by atoms with Gasteiger partial charge in [0.25, 0.3) is 5.56 Å². The molecule has 1 heterocycles. The number of hydrogen-bond donors (Lipinski definition) is 1. The fourth-order valence-corrected chi connectivity index (χ4v) is 1.39. The third-order valence-electron chi connectivity index (χ3n) is 2.49. The summed E-state index contributed by atoms with van der Waals surface area (Å²) in [7, 11) is 0. The van der Waals surface area contributed by atoms with E-state index in [1.54, 1.807) is 6.07 Å². The molecule has 0 spiro atoms. The van der Waals surface area contributed by atoms with Crippen LogP contribution >= 0.6 is 0 Å². The van der Waals surface area contributed by atoms with E-state index in [0.717, 1.165) is 18.5 Å². The van der Waals surface area contributed by atoms with Crippen molar-refractivity contribution in [2.45, 2.75) is 52.5 Å². The molecule has 2 N–H and O–H groups in total. The van der Waals surface area contributed by atoms with Crippen LogP contribution in [0.2, 0.25) is 0 Å². The van der Waals surface area contributed by atoms with E-state index < -0.39 is 0 Å². The van der Waals surface area contributed by atoms with E-state index in [2.05, 4.69) is 32.8 Å². The molecule has 0 saturated carbocycles. The predicted molar refractivity (Wildman–Crippen MR) is 66.5 cm³/mol. The van der Waals surface area contributed by atoms with Gasteiger partial charge in [0.2, 0.25) is 0 Å². The first-order valence-corrected chi connectivity index (χ1v) is 5.74. The number of aromatic nitrogens is 2. The van der Waals surface area contributed by atoms with Crippen LogP contribution in [0.5, 0.6) is 0 Å². The van der Waals surface area contributed by atoms with Crippen molar-refractivity contribution in [3.63, 3.8) is 0 Å². The van der Waals surface area contributed by atoms with Crippen LogP contribution < -0.4 is 11.3 Å². The zero-order chi connectivity index (χ0) is 12.3. The summed E-state index contributed by atoms with van der Waals surface area (Å²) >= 11 is 0. The van der Waals surface area contributed by atoms with Gasteiger partial charge in [-0.3, -0.25) is 4.79 Å². The molecule has 0 aliphatic carbocycles. The molecule has 0 radical (unpaired) electrons. The van der Waals surface area contributed by atoms with Crippen molar-refractivity contribution in [1.82, 2.24) is 9.78 Å². The highest BCUT2D eigenvalue weighted by Crippen LogP contribution is 2.19. The van der Waals surface area contributed by atoms with Crippen LogP contribution in [0.15, 0.2) is 10.9 Å². The van der Waals surface area contributed by atoms with E-state index in [1.807, 2.05) is 0 Å². The summed E-state index contributed by atoms with van der Waals surface area (Å²) in [5.41, 5.74) is 6.60. The van der Waals surface area contributed by atoms with Gasteiger partial charge in [-0.15, -0.1) is 0 Å². The van der Waals surface area contributed by atoms with Crippen LogP contribution in [-0.2, 0) is 12.0 Å². The van der Waals surface area contributed by atoms with Gasteiger partial charge < -0.3 is 5.73 Å². The van der Waals surface area contributed by atoms with Crippen LogP contribution in [0.3, 0.4) is 0 Å². The Kier molecular flexibility index (Phi) is 3.73. The van der Waals surface area contributed by atoms with Crippen LogP contribution in [0, 0.1) is 0 Å². The number of hydrogen-bond acceptors (Lipinski definition) is 3. The monoisotopic (exact) mass is 223 g/mol. The molecule has 16 heavy (non-hydrogen) atoms. The lowest BCUT2D eigenvalue weighted by molar-refractivity contribution is 0.488. The first-order valence-electron chi connectivity index (χ1n) is 5.74. The molecule has 0 aromatic carbocycles. The zero-order valence-electron chi connectivity index (χ0n) is 10.6. The number of nitrogens with zero attached hydrogens (tertiary/aromatic N) is 2. The number of aryl methyl sites for hydroxylation is 1. The first kappa shape index (κ1) is 12.7. The summed E-state index contributed by atoms with van der Waals surface area (Å²) in [5.74, 6) is 0. The summed E-state index contributed by atoms with van der Waals surface area (Å²) in [6.45, 7) is 8.90. The van der Waals surface area contributed by atoms with E-state index in [1.165, 1.54) is 4.68 Å². The van der Waals surface area contributed by atoms with Gasteiger partial charge in [-0.1, -0.05) is 34.1 Å². The van der Waals surface area contributed by atoms with Gasteiger partial charge in [0, 0.05) is 12.0 Å². The molecule has 4 nitrogen and oxygen atoms in total. The third kappa shape index (κ3) is 2.84. The summed E-state index contributed by atoms with van der Waals surface area (Å²) in [6.07, 6.45) is 1.98. The molecule has 0 amide bonds. The largest absolute Gasteiger partial charge is 0.394 e. The van der Waals surface area contributed by atoms with Gasteiger partial charge >= 0.3 is 0 Å². The van der Waals surface area contributed by atoms with Crippen LogP contribution in [0.25, 0.3) is 0 Å². The summed E-state index contributed by atoms with van der Waals surface area (Å²) in [5, 5.41) is 4.37. The molecule has 0 aliphatic heterocycles. The smallest absolute Gasteiger partial charge is 0.289 e. The van der Waals surface area contributed by atoms with E-state index in [4.69, 9.17) is 5.73 Å². The molecule has 1 aromatic heterocycles. The lowest BCUT2D eigenvalue weighted by Gasteiger charge is -2.19. The van der Waals surface area contributed by atoms with Crippen molar-refractivity contribution in [3.05, 3.63) is 22.1 Å². The van der Waals surface area contributed by atoms with Gasteiger partial charge in [0.05, 0.1) is 5.69 Å². The van der Waals surface area contributed by atoms with Crippen molar-refractivity contribution in [1.29, 1.82) is 0 Å². The molecule has 4 heteroatoms. The molecule has 90 valence electrons. The van der Waals surface area contributed by atoms with Gasteiger partial charge in [-0.2, -0.15) is 5.10 Å². The molecule has 0 fully saturated rings. The van der Waals surface area contributed by atoms with Crippen molar-refractivity contribution in [3.8, 4) is 0 Å². The lowest BCUT2D eigenvalue weighted by Crippen LogP contribution is -2.29. The average Bonchev–Trinajstić information content (AvgIpc) is 2.18. The molecule has 1 aromatic rings. The molecule has 0 aliphatic rings. The standard InChI is InChI=1S/C12H21N3O/c1-5-6-7-15-11(16)9(13)8-10(14-15)12(2,3)4/h8H,5-7,13H2,1-4H3. The normalized spacial score (nSPS) is 11.8. The van der Waals surface area contributed by atoms with E-state index in [-0.39, 0.29) is 16.7 Å². The van der Waals surface area contributed by atoms with Crippen molar-refractivity contribution in [2.24, 2.45) is 0 Å². The average molecular weight is 223 g/mol. The van der Waals surface area contributed by atoms with E-state index >= 15 is 0 Å². The van der Waals surface area contributed by atoms with Gasteiger partial charge in [-0.25, -0.2) is 4.68 Å². The highest BCUT2D eigenvalue weighted by Gasteiger charge is 2.18. The lowest BCUT2D eigenvalue weighted by atomic mass is 9.92. The Morgan fingerprint density at radius 1 is 1.44 bits per heavy atom. The molecule has 1 rings (SSSR count). The SMILES string of the molecule is CCCCn1nc(C(C)(C)C)cc(N)c1=O. The van der Waals surface area contributed by atoms with Gasteiger partial charge in [-0.05, 0) is 12.5 Å². The number of anilines is 1. The van der Waals surface area contributed by atoms with Crippen LogP contribution in [-0.4, -0.2) is 9.78 Å². The quantitative estimate of drug-likeness (QED) is 0.851. The Morgan fingerprint density at radius 3 is 2.56 bits per heavy atom. The molecule has 0 unspecified atom stereocenters. The number of nitrogens with two attached hydrogens (primary N) is 1. The van der Waals surface area contributed by atoms with Gasteiger partial charge in [0.1, 0.15) is 5.69 Å². The summed E-state index contributed by atoms with van der Waals surface area (Å²) < 4.78 is 1.49. The maximum absolute atomic E-state index is 11.7. The Bertz CT molecular complexity index is 415. The van der Waals surface area contributed by atoms with E-state index in [9.17, 15) is 4.79 Å². The second-order valence-corrected chi connectivity index (χ2v) is 5.12.